The van der Waals surface area contributed by atoms with Crippen LogP contribution in [0.25, 0.3) is 21.2 Å². The number of nitrogens with two attached hydrogens (primary N) is 1. The first-order valence-corrected chi connectivity index (χ1v) is 12.5. The summed E-state index contributed by atoms with van der Waals surface area (Å²) in [6, 6.07) is 3.95. The van der Waals surface area contributed by atoms with Crippen LogP contribution in [-0.4, -0.2) is 58.0 Å². The van der Waals surface area contributed by atoms with Gasteiger partial charge in [-0.15, -0.1) is 11.3 Å². The van der Waals surface area contributed by atoms with Crippen LogP contribution in [0.2, 0.25) is 0 Å². The van der Waals surface area contributed by atoms with Crippen LogP contribution in [0, 0.1) is 13.8 Å². The average Bonchev–Trinajstić information content (AvgIpc) is 3.39. The number of aromatic nitrogens is 3. The highest BCUT2D eigenvalue weighted by molar-refractivity contribution is 7.99. The van der Waals surface area contributed by atoms with Crippen molar-refractivity contribution in [1.29, 1.82) is 0 Å². The van der Waals surface area contributed by atoms with Crippen molar-refractivity contribution in [3.63, 3.8) is 0 Å². The number of hydrogen-bond acceptors (Lipinski definition) is 9. The van der Waals surface area contributed by atoms with E-state index in [1.165, 1.54) is 4.68 Å². The maximum Gasteiger partial charge on any atom is 0.281 e. The van der Waals surface area contributed by atoms with Gasteiger partial charge in [0.15, 0.2) is 16.6 Å². The van der Waals surface area contributed by atoms with Crippen molar-refractivity contribution in [2.45, 2.75) is 25.4 Å². The molecule has 0 amide bonds. The molecule has 2 N–H and O–H groups in total. The van der Waals surface area contributed by atoms with Gasteiger partial charge in [0.05, 0.1) is 11.6 Å². The second-order valence-electron chi connectivity index (χ2n) is 8.04. The smallest absolute Gasteiger partial charge is 0.281 e. The average molecular weight is 471 g/mol. The number of thiophene rings is 1. The molecule has 1 aliphatic heterocycles. The quantitative estimate of drug-likeness (QED) is 0.199. The molecule has 4 aromatic rings. The second kappa shape index (κ2) is 8.76. The zero-order valence-corrected chi connectivity index (χ0v) is 19.8. The van der Waals surface area contributed by atoms with Gasteiger partial charge in [-0.25, -0.2) is 14.6 Å². The highest BCUT2D eigenvalue weighted by Gasteiger charge is 2.21. The molecule has 1 fully saturated rings. The molecule has 0 unspecified atom stereocenters. The fourth-order valence-corrected chi connectivity index (χ4v) is 6.04. The summed E-state index contributed by atoms with van der Waals surface area (Å²) in [6.07, 6.45) is 4.57. The van der Waals surface area contributed by atoms with E-state index in [0.717, 1.165) is 77.0 Å². The number of nitrogen functional groups attached to an aromatic ring is 1. The van der Waals surface area contributed by atoms with Crippen molar-refractivity contribution in [3.05, 3.63) is 45.4 Å². The molecule has 0 atom stereocenters. The molecular weight excluding hydrogens is 444 g/mol. The summed E-state index contributed by atoms with van der Waals surface area (Å²) < 4.78 is 6.84. The molecule has 0 aromatic carbocycles. The van der Waals surface area contributed by atoms with Crippen molar-refractivity contribution in [3.8, 4) is 0 Å². The predicted octanol–water partition coefficient (Wildman–Crippen LogP) is 3.23. The lowest BCUT2D eigenvalue weighted by Crippen LogP contribution is -2.47. The Morgan fingerprint density at radius 2 is 2.03 bits per heavy atom. The third-order valence-corrected chi connectivity index (χ3v) is 8.21. The third-order valence-electron chi connectivity index (χ3n) is 6.07. The molecule has 4 aromatic heterocycles. The van der Waals surface area contributed by atoms with Crippen LogP contribution in [-0.2, 0) is 0 Å². The highest BCUT2D eigenvalue weighted by Crippen LogP contribution is 2.28. The van der Waals surface area contributed by atoms with E-state index in [1.54, 1.807) is 29.4 Å². The number of furan rings is 1. The Kier molecular flexibility index (Phi) is 5.83. The fraction of sp³-hybridized carbons (Fsp3) is 0.409. The van der Waals surface area contributed by atoms with Gasteiger partial charge >= 0.3 is 0 Å². The van der Waals surface area contributed by atoms with E-state index in [-0.39, 0.29) is 5.56 Å². The molecule has 168 valence electrons. The number of aryl methyl sites for hydroxylation is 2. The fourth-order valence-electron chi connectivity index (χ4n) is 4.13. The summed E-state index contributed by atoms with van der Waals surface area (Å²) in [5.41, 5.74) is 1.69. The van der Waals surface area contributed by atoms with Gasteiger partial charge in [-0.05, 0) is 44.5 Å². The Balaban J connectivity index is 1.14. The molecule has 0 spiro atoms. The van der Waals surface area contributed by atoms with Gasteiger partial charge in [0.2, 0.25) is 0 Å². The minimum absolute atomic E-state index is 0.157. The molecule has 8 nitrogen and oxygen atoms in total. The number of rotatable bonds is 6. The number of fused-ring (bicyclic) bond motifs is 2. The van der Waals surface area contributed by atoms with Gasteiger partial charge in [0.25, 0.3) is 5.56 Å². The second-order valence-corrected chi connectivity index (χ2v) is 10.3. The van der Waals surface area contributed by atoms with E-state index in [0.29, 0.717) is 10.5 Å². The zero-order valence-electron chi connectivity index (χ0n) is 18.2. The van der Waals surface area contributed by atoms with Gasteiger partial charge < -0.3 is 15.2 Å². The van der Waals surface area contributed by atoms with Crippen molar-refractivity contribution in [2.24, 2.45) is 0 Å². The maximum atomic E-state index is 12.6. The maximum absolute atomic E-state index is 12.6. The Morgan fingerprint density at radius 3 is 2.84 bits per heavy atom. The van der Waals surface area contributed by atoms with Crippen molar-refractivity contribution in [1.82, 2.24) is 19.5 Å². The van der Waals surface area contributed by atoms with Gasteiger partial charge in [0, 0.05) is 48.4 Å². The van der Waals surface area contributed by atoms with Crippen LogP contribution in [0.4, 0.5) is 5.82 Å². The van der Waals surface area contributed by atoms with E-state index in [1.807, 2.05) is 32.2 Å². The predicted molar refractivity (Wildman–Crippen MR) is 132 cm³/mol. The largest absolute Gasteiger partial charge is 0.460 e. The topological polar surface area (TPSA) is 93.4 Å². The minimum atomic E-state index is -0.157. The summed E-state index contributed by atoms with van der Waals surface area (Å²) >= 11 is 3.11. The molecule has 32 heavy (non-hydrogen) atoms. The van der Waals surface area contributed by atoms with E-state index in [4.69, 9.17) is 10.3 Å². The van der Waals surface area contributed by atoms with Crippen LogP contribution in [0.5, 0.6) is 0 Å². The number of hydrogen-bond donors (Lipinski definition) is 1. The lowest BCUT2D eigenvalue weighted by Gasteiger charge is -2.35. The first-order valence-electron chi connectivity index (χ1n) is 10.7. The van der Waals surface area contributed by atoms with Crippen LogP contribution in [0.3, 0.4) is 0 Å². The molecule has 0 aliphatic carbocycles. The molecule has 10 heteroatoms. The van der Waals surface area contributed by atoms with Gasteiger partial charge in [-0.2, -0.15) is 0 Å². The van der Waals surface area contributed by atoms with E-state index < -0.39 is 0 Å². The summed E-state index contributed by atoms with van der Waals surface area (Å²) in [4.78, 5) is 28.5. The summed E-state index contributed by atoms with van der Waals surface area (Å²) in [6.45, 7) is 8.81. The standard InChI is InChI=1S/C22H26N6O2S2/c1-14-15(2)32-20-17(14)21(29)28(23)22(25-20)31-13-3-7-26-8-10-27(11-9-26)19-18-16(4-6-24-19)5-12-30-18/h4-6,12H,3,7-11,13,23H2,1-2H3. The van der Waals surface area contributed by atoms with Crippen LogP contribution in [0.1, 0.15) is 16.9 Å². The monoisotopic (exact) mass is 470 g/mol. The molecule has 1 aliphatic rings. The van der Waals surface area contributed by atoms with Crippen molar-refractivity contribution in [2.75, 3.05) is 49.2 Å². The number of thioether (sulfide) groups is 1. The van der Waals surface area contributed by atoms with Gasteiger partial charge in [-0.1, -0.05) is 11.8 Å². The normalized spacial score (nSPS) is 15.2. The Morgan fingerprint density at radius 1 is 1.22 bits per heavy atom. The van der Waals surface area contributed by atoms with E-state index in [2.05, 4.69) is 19.8 Å². The lowest BCUT2D eigenvalue weighted by molar-refractivity contribution is 0.258. The molecule has 1 saturated heterocycles. The number of piperazine rings is 1. The number of anilines is 1. The summed E-state index contributed by atoms with van der Waals surface area (Å²) in [7, 11) is 0. The third kappa shape index (κ3) is 3.87. The molecular formula is C22H26N6O2S2. The number of nitrogens with zero attached hydrogens (tertiary/aromatic N) is 5. The SMILES string of the molecule is Cc1sc2nc(SCCCN3CCN(c4nccc5ccoc45)CC3)n(N)c(=O)c2c1C. The molecule has 0 radical (unpaired) electrons. The van der Waals surface area contributed by atoms with Crippen molar-refractivity contribution < 1.29 is 4.42 Å². The van der Waals surface area contributed by atoms with Crippen molar-refractivity contribution >= 4 is 50.1 Å². The molecule has 0 saturated carbocycles. The minimum Gasteiger partial charge on any atom is -0.460 e. The van der Waals surface area contributed by atoms with Gasteiger partial charge in [-0.3, -0.25) is 9.69 Å². The zero-order chi connectivity index (χ0) is 22.2. The molecule has 5 rings (SSSR count). The Bertz CT molecular complexity index is 1320. The van der Waals surface area contributed by atoms with E-state index in [9.17, 15) is 4.79 Å². The van der Waals surface area contributed by atoms with Crippen LogP contribution < -0.4 is 16.3 Å². The van der Waals surface area contributed by atoms with Crippen LogP contribution in [0.15, 0.2) is 39.0 Å². The summed E-state index contributed by atoms with van der Waals surface area (Å²) in [5, 5.41) is 2.33. The Labute approximate surface area is 194 Å². The summed E-state index contributed by atoms with van der Waals surface area (Å²) in [5.74, 6) is 7.85. The van der Waals surface area contributed by atoms with E-state index >= 15 is 0 Å². The number of pyridine rings is 1. The van der Waals surface area contributed by atoms with Gasteiger partial charge in [0.1, 0.15) is 4.83 Å². The first-order chi connectivity index (χ1) is 15.5. The Hall–Kier alpha value is -2.56. The lowest BCUT2D eigenvalue weighted by atomic mass is 10.2. The highest BCUT2D eigenvalue weighted by atomic mass is 32.2. The molecule has 0 bridgehead atoms. The molecule has 5 heterocycles. The first kappa shape index (κ1) is 21.3. The van der Waals surface area contributed by atoms with Crippen LogP contribution >= 0.6 is 23.1 Å².